The molecule has 0 unspecified atom stereocenters. The van der Waals surface area contributed by atoms with Gasteiger partial charge >= 0.3 is 0 Å². The first-order valence-corrected chi connectivity index (χ1v) is 5.83. The van der Waals surface area contributed by atoms with Crippen LogP contribution in [0.4, 0.5) is 0 Å². The number of aromatic amines is 1. The van der Waals surface area contributed by atoms with Gasteiger partial charge in [0, 0.05) is 26.0 Å². The minimum absolute atomic E-state index is 0.656. The number of fused-ring (bicyclic) bond motifs is 1. The molecule has 5 nitrogen and oxygen atoms in total. The number of aromatic nitrogens is 4. The summed E-state index contributed by atoms with van der Waals surface area (Å²) in [6, 6.07) is 7.96. The molecule has 0 saturated carbocycles. The maximum Gasteiger partial charge on any atom is 0.176 e. The molecule has 5 heteroatoms. The fourth-order valence-corrected chi connectivity index (χ4v) is 1.96. The van der Waals surface area contributed by atoms with Crippen molar-refractivity contribution < 1.29 is 4.74 Å². The lowest BCUT2D eigenvalue weighted by molar-refractivity contribution is 0.187. The number of para-hydroxylation sites is 2. The van der Waals surface area contributed by atoms with E-state index in [2.05, 4.69) is 15.0 Å². The molecule has 0 amide bonds. The summed E-state index contributed by atoms with van der Waals surface area (Å²) in [6.45, 7) is 1.42. The summed E-state index contributed by atoms with van der Waals surface area (Å²) < 4.78 is 7.11. The van der Waals surface area contributed by atoms with E-state index < -0.39 is 0 Å². The number of hydrogen-bond acceptors (Lipinski definition) is 3. The first-order valence-electron chi connectivity index (χ1n) is 5.83. The van der Waals surface area contributed by atoms with Crippen LogP contribution in [0.1, 0.15) is 0 Å². The molecule has 0 aliphatic rings. The van der Waals surface area contributed by atoms with Crippen molar-refractivity contribution in [2.75, 3.05) is 13.7 Å². The highest BCUT2D eigenvalue weighted by molar-refractivity contribution is 5.78. The summed E-state index contributed by atoms with van der Waals surface area (Å²) in [4.78, 5) is 12.2. The van der Waals surface area contributed by atoms with Crippen molar-refractivity contribution >= 4 is 11.0 Å². The smallest absolute Gasteiger partial charge is 0.176 e. The zero-order valence-corrected chi connectivity index (χ0v) is 10.1. The number of nitrogens with zero attached hydrogens (tertiary/aromatic N) is 3. The van der Waals surface area contributed by atoms with E-state index in [4.69, 9.17) is 4.74 Å². The Hall–Kier alpha value is -2.14. The molecule has 18 heavy (non-hydrogen) atoms. The number of ether oxygens (including phenoxy) is 1. The molecule has 3 rings (SSSR count). The second-order valence-corrected chi connectivity index (χ2v) is 4.04. The van der Waals surface area contributed by atoms with Crippen LogP contribution in [-0.2, 0) is 11.3 Å². The number of methoxy groups -OCH3 is 1. The third-order valence-electron chi connectivity index (χ3n) is 2.85. The highest BCUT2D eigenvalue weighted by atomic mass is 16.5. The fraction of sp³-hybridized carbons (Fsp3) is 0.231. The van der Waals surface area contributed by atoms with Crippen molar-refractivity contribution in [3.05, 3.63) is 36.7 Å². The molecule has 1 aromatic carbocycles. The molecule has 2 aromatic heterocycles. The maximum absolute atomic E-state index is 5.09. The molecule has 0 aliphatic heterocycles. The molecule has 0 fully saturated rings. The highest BCUT2D eigenvalue weighted by Crippen LogP contribution is 2.18. The predicted octanol–water partition coefficient (Wildman–Crippen LogP) is 2.07. The summed E-state index contributed by atoms with van der Waals surface area (Å²) in [5, 5.41) is 0. The van der Waals surface area contributed by atoms with Gasteiger partial charge in [0.2, 0.25) is 0 Å². The van der Waals surface area contributed by atoms with Gasteiger partial charge in [-0.25, -0.2) is 9.97 Å². The van der Waals surface area contributed by atoms with Gasteiger partial charge in [-0.3, -0.25) is 0 Å². The lowest BCUT2D eigenvalue weighted by Gasteiger charge is -2.04. The van der Waals surface area contributed by atoms with Gasteiger partial charge in [0.05, 0.1) is 17.6 Å². The molecule has 0 atom stereocenters. The minimum atomic E-state index is 0.656. The zero-order chi connectivity index (χ0) is 12.4. The van der Waals surface area contributed by atoms with Crippen LogP contribution >= 0.6 is 0 Å². The molecule has 0 spiro atoms. The van der Waals surface area contributed by atoms with Gasteiger partial charge in [-0.1, -0.05) is 12.1 Å². The van der Waals surface area contributed by atoms with Crippen molar-refractivity contribution in [3.8, 4) is 11.6 Å². The Morgan fingerprint density at radius 3 is 3.06 bits per heavy atom. The van der Waals surface area contributed by atoms with Crippen molar-refractivity contribution in [1.29, 1.82) is 0 Å². The summed E-state index contributed by atoms with van der Waals surface area (Å²) >= 11 is 0. The van der Waals surface area contributed by atoms with Crippen LogP contribution in [0.25, 0.3) is 22.7 Å². The molecule has 0 saturated heterocycles. The van der Waals surface area contributed by atoms with E-state index in [0.717, 1.165) is 29.2 Å². The minimum Gasteiger partial charge on any atom is -0.383 e. The van der Waals surface area contributed by atoms with Crippen molar-refractivity contribution in [2.45, 2.75) is 6.54 Å². The molecular formula is C13H14N4O. The van der Waals surface area contributed by atoms with E-state index >= 15 is 0 Å². The van der Waals surface area contributed by atoms with E-state index in [-0.39, 0.29) is 0 Å². The van der Waals surface area contributed by atoms with Crippen LogP contribution in [0.15, 0.2) is 36.7 Å². The molecule has 3 aromatic rings. The third-order valence-corrected chi connectivity index (χ3v) is 2.85. The van der Waals surface area contributed by atoms with Gasteiger partial charge in [0.15, 0.2) is 11.6 Å². The maximum atomic E-state index is 5.09. The first-order chi connectivity index (χ1) is 8.88. The second-order valence-electron chi connectivity index (χ2n) is 4.04. The summed E-state index contributed by atoms with van der Waals surface area (Å²) in [6.07, 6.45) is 3.71. The van der Waals surface area contributed by atoms with Crippen molar-refractivity contribution in [1.82, 2.24) is 19.5 Å². The standard InChI is InChI=1S/C13H14N4O/c1-18-9-8-17-7-6-14-13(17)12-15-10-4-2-3-5-11(10)16-12/h2-7H,8-9H2,1H3,(H,15,16). The van der Waals surface area contributed by atoms with Crippen molar-refractivity contribution in [2.24, 2.45) is 0 Å². The van der Waals surface area contributed by atoms with E-state index in [1.807, 2.05) is 35.0 Å². The number of H-pyrrole nitrogens is 1. The largest absolute Gasteiger partial charge is 0.383 e. The Balaban J connectivity index is 2.01. The second kappa shape index (κ2) is 4.62. The van der Waals surface area contributed by atoms with Crippen LogP contribution in [-0.4, -0.2) is 33.2 Å². The van der Waals surface area contributed by atoms with Crippen LogP contribution in [0.3, 0.4) is 0 Å². The lowest BCUT2D eigenvalue weighted by atomic mass is 10.3. The Morgan fingerprint density at radius 1 is 1.33 bits per heavy atom. The third kappa shape index (κ3) is 1.89. The molecule has 0 radical (unpaired) electrons. The molecule has 0 bridgehead atoms. The highest BCUT2D eigenvalue weighted by Gasteiger charge is 2.10. The molecule has 92 valence electrons. The van der Waals surface area contributed by atoms with Crippen LogP contribution < -0.4 is 0 Å². The van der Waals surface area contributed by atoms with Crippen LogP contribution in [0, 0.1) is 0 Å². The van der Waals surface area contributed by atoms with E-state index in [1.165, 1.54) is 0 Å². The first kappa shape index (κ1) is 11.0. The summed E-state index contributed by atoms with van der Waals surface area (Å²) in [5.74, 6) is 1.63. The zero-order valence-electron chi connectivity index (χ0n) is 10.1. The summed E-state index contributed by atoms with van der Waals surface area (Å²) in [5.41, 5.74) is 1.97. The van der Waals surface area contributed by atoms with E-state index in [0.29, 0.717) is 6.61 Å². The SMILES string of the molecule is COCCn1ccnc1-c1nc2ccccc2[nH]1. The topological polar surface area (TPSA) is 55.7 Å². The fourth-order valence-electron chi connectivity index (χ4n) is 1.96. The molecular weight excluding hydrogens is 228 g/mol. The van der Waals surface area contributed by atoms with E-state index in [1.54, 1.807) is 13.3 Å². The van der Waals surface area contributed by atoms with Gasteiger partial charge in [-0.05, 0) is 12.1 Å². The number of hydrogen-bond donors (Lipinski definition) is 1. The quantitative estimate of drug-likeness (QED) is 0.762. The number of nitrogens with one attached hydrogen (secondary N) is 1. The number of imidazole rings is 2. The van der Waals surface area contributed by atoms with E-state index in [9.17, 15) is 0 Å². The normalized spacial score (nSPS) is 11.2. The summed E-state index contributed by atoms with van der Waals surface area (Å²) in [7, 11) is 1.69. The Morgan fingerprint density at radius 2 is 2.22 bits per heavy atom. The Bertz CT molecular complexity index is 623. The monoisotopic (exact) mass is 242 g/mol. The van der Waals surface area contributed by atoms with Crippen LogP contribution in [0.2, 0.25) is 0 Å². The number of rotatable bonds is 4. The lowest BCUT2D eigenvalue weighted by Crippen LogP contribution is -2.05. The van der Waals surface area contributed by atoms with Gasteiger partial charge in [0.25, 0.3) is 0 Å². The predicted molar refractivity (Wildman–Crippen MR) is 69.2 cm³/mol. The van der Waals surface area contributed by atoms with Gasteiger partial charge in [-0.2, -0.15) is 0 Å². The molecule has 2 heterocycles. The van der Waals surface area contributed by atoms with Gasteiger partial charge in [0.1, 0.15) is 0 Å². The Labute approximate surface area is 104 Å². The Kier molecular flexibility index (Phi) is 2.82. The average Bonchev–Trinajstić information content (AvgIpc) is 3.01. The average molecular weight is 242 g/mol. The molecule has 1 N–H and O–H groups in total. The van der Waals surface area contributed by atoms with Gasteiger partial charge < -0.3 is 14.3 Å². The van der Waals surface area contributed by atoms with Gasteiger partial charge in [-0.15, -0.1) is 0 Å². The molecule has 0 aliphatic carbocycles. The van der Waals surface area contributed by atoms with Crippen molar-refractivity contribution in [3.63, 3.8) is 0 Å². The van der Waals surface area contributed by atoms with Crippen LogP contribution in [0.5, 0.6) is 0 Å². The number of benzene rings is 1.